The summed E-state index contributed by atoms with van der Waals surface area (Å²) in [6.07, 6.45) is 0.165. The van der Waals surface area contributed by atoms with Crippen LogP contribution in [0.25, 0.3) is 0 Å². The summed E-state index contributed by atoms with van der Waals surface area (Å²) in [5.41, 5.74) is -2.59. The number of alkyl carbamates (subject to hydrolysis) is 1. The van der Waals surface area contributed by atoms with Crippen molar-refractivity contribution in [1.82, 2.24) is 15.0 Å². The molecule has 0 saturated carbocycles. The zero-order valence-corrected chi connectivity index (χ0v) is 14.7. The van der Waals surface area contributed by atoms with Gasteiger partial charge < -0.3 is 19.7 Å². The van der Waals surface area contributed by atoms with Gasteiger partial charge in [-0.3, -0.25) is 9.36 Å². The van der Waals surface area contributed by atoms with Gasteiger partial charge >= 0.3 is 23.2 Å². The van der Waals surface area contributed by atoms with Crippen LogP contribution in [-0.4, -0.2) is 38.5 Å². The van der Waals surface area contributed by atoms with Gasteiger partial charge in [-0.1, -0.05) is 5.16 Å². The second-order valence-corrected chi connectivity index (χ2v) is 6.51. The van der Waals surface area contributed by atoms with E-state index in [1.807, 2.05) is 0 Å². The van der Waals surface area contributed by atoms with Crippen molar-refractivity contribution in [2.24, 2.45) is 0 Å². The number of carbonyl (C=O) groups excluding carboxylic acids is 1. The van der Waals surface area contributed by atoms with Crippen LogP contribution in [0, 0.1) is 6.92 Å². The summed E-state index contributed by atoms with van der Waals surface area (Å²) in [5.74, 6) is -0.924. The van der Waals surface area contributed by atoms with E-state index in [1.54, 1.807) is 20.8 Å². The van der Waals surface area contributed by atoms with Crippen LogP contribution in [0.5, 0.6) is 0 Å². The number of rotatable bonds is 7. The highest BCUT2D eigenvalue weighted by Crippen LogP contribution is 2.08. The number of hydrogen-bond acceptors (Lipinski definition) is 7. The van der Waals surface area contributed by atoms with Crippen LogP contribution in [-0.2, 0) is 16.1 Å². The van der Waals surface area contributed by atoms with E-state index in [9.17, 15) is 24.3 Å². The van der Waals surface area contributed by atoms with Gasteiger partial charge in [-0.2, -0.15) is 0 Å². The monoisotopic (exact) mass is 357 g/mol. The van der Waals surface area contributed by atoms with Gasteiger partial charge in [-0.25, -0.2) is 14.4 Å². The largest absolute Gasteiger partial charge is 0.480 e. The van der Waals surface area contributed by atoms with E-state index >= 15 is 0 Å². The van der Waals surface area contributed by atoms with E-state index in [2.05, 4.69) is 15.0 Å². The fourth-order valence-electron chi connectivity index (χ4n) is 2.04. The van der Waals surface area contributed by atoms with Crippen molar-refractivity contribution in [2.45, 2.75) is 65.1 Å². The molecule has 0 spiro atoms. The molecule has 1 amide bonds. The lowest BCUT2D eigenvalue weighted by Gasteiger charge is -2.22. The Morgan fingerprint density at radius 2 is 1.96 bits per heavy atom. The number of aliphatic carboxylic acids is 1. The van der Waals surface area contributed by atoms with Crippen molar-refractivity contribution in [3.8, 4) is 0 Å². The highest BCUT2D eigenvalue weighted by atomic mass is 16.6. The Labute approximate surface area is 143 Å². The number of ether oxygens (including phenoxy) is 1. The lowest BCUT2D eigenvalue weighted by Crippen LogP contribution is -2.43. The zero-order chi connectivity index (χ0) is 19.2. The van der Waals surface area contributed by atoms with Crippen LogP contribution in [0.3, 0.4) is 0 Å². The number of carboxylic acid groups (broad SMARTS) is 1. The Bertz CT molecular complexity index is 730. The molecular weight excluding hydrogens is 334 g/mol. The van der Waals surface area contributed by atoms with Crippen LogP contribution in [0.4, 0.5) is 4.79 Å². The lowest BCUT2D eigenvalue weighted by molar-refractivity contribution is -0.139. The molecule has 2 N–H and O–H groups in total. The van der Waals surface area contributed by atoms with E-state index in [1.165, 1.54) is 11.5 Å². The number of unbranched alkanes of at least 4 members (excludes halogenated alkanes) is 1. The minimum atomic E-state index is -1.18. The highest BCUT2D eigenvalue weighted by Gasteiger charge is 2.23. The molecule has 25 heavy (non-hydrogen) atoms. The number of nitrogens with zero attached hydrogens (tertiary/aromatic N) is 2. The third kappa shape index (κ3) is 6.77. The van der Waals surface area contributed by atoms with Crippen LogP contribution >= 0.6 is 0 Å². The molecule has 0 aliphatic rings. The summed E-state index contributed by atoms with van der Waals surface area (Å²) in [4.78, 5) is 45.7. The molecule has 1 aromatic heterocycles. The lowest BCUT2D eigenvalue weighted by atomic mass is 10.1. The molecule has 10 nitrogen and oxygen atoms in total. The zero-order valence-electron chi connectivity index (χ0n) is 14.7. The molecule has 140 valence electrons. The molecule has 0 aliphatic heterocycles. The van der Waals surface area contributed by atoms with Crippen molar-refractivity contribution in [1.29, 1.82) is 0 Å². The van der Waals surface area contributed by atoms with Crippen molar-refractivity contribution < 1.29 is 24.0 Å². The maximum atomic E-state index is 11.7. The van der Waals surface area contributed by atoms with Crippen LogP contribution in [0.15, 0.2) is 14.1 Å². The number of carbonyl (C=O) groups is 2. The van der Waals surface area contributed by atoms with Crippen LogP contribution in [0.2, 0.25) is 0 Å². The summed E-state index contributed by atoms with van der Waals surface area (Å²) < 4.78 is 10.5. The van der Waals surface area contributed by atoms with Crippen molar-refractivity contribution in [3.63, 3.8) is 0 Å². The third-order valence-electron chi connectivity index (χ3n) is 3.18. The van der Waals surface area contributed by atoms with Crippen molar-refractivity contribution in [3.05, 3.63) is 26.6 Å². The molecule has 1 aromatic rings. The molecule has 1 atom stereocenters. The minimum Gasteiger partial charge on any atom is -0.480 e. The second-order valence-electron chi connectivity index (χ2n) is 6.51. The number of aromatic nitrogens is 2. The van der Waals surface area contributed by atoms with Gasteiger partial charge in [0.05, 0.1) is 0 Å². The Kier molecular flexibility index (Phi) is 6.89. The summed E-state index contributed by atoms with van der Waals surface area (Å²) in [6, 6.07) is -1.10. The van der Waals surface area contributed by atoms with Gasteiger partial charge in [0.15, 0.2) is 0 Å². The average molecular weight is 357 g/mol. The topological polar surface area (TPSA) is 141 Å². The van der Waals surface area contributed by atoms with E-state index in [4.69, 9.17) is 4.74 Å². The van der Waals surface area contributed by atoms with Gasteiger partial charge in [0.2, 0.25) is 0 Å². The molecule has 0 fully saturated rings. The quantitative estimate of drug-likeness (QED) is 0.535. The van der Waals surface area contributed by atoms with E-state index in [0.29, 0.717) is 12.8 Å². The molecule has 0 aromatic carbocycles. The summed E-state index contributed by atoms with van der Waals surface area (Å²) in [5, 5.41) is 14.9. The first-order valence-corrected chi connectivity index (χ1v) is 7.81. The van der Waals surface area contributed by atoms with E-state index < -0.39 is 34.9 Å². The normalized spacial score (nSPS) is 12.5. The van der Waals surface area contributed by atoms with Crippen molar-refractivity contribution >= 4 is 12.1 Å². The Morgan fingerprint density at radius 3 is 2.52 bits per heavy atom. The molecule has 1 unspecified atom stereocenters. The highest BCUT2D eigenvalue weighted by molar-refractivity contribution is 5.79. The Balaban J connectivity index is 2.56. The molecule has 1 rings (SSSR count). The standard InChI is InChI=1S/C15H23N3O7/c1-9-17-25-13(22)11(19)18(9)8-6-5-7-10(12(20)21)16-14(23)24-15(2,3)4/h10H,5-8H2,1-4H3,(H,16,23)(H,20,21). The number of nitrogens with one attached hydrogen (secondary N) is 1. The molecule has 0 bridgehead atoms. The van der Waals surface area contributed by atoms with Crippen LogP contribution < -0.4 is 16.5 Å². The third-order valence-corrected chi connectivity index (χ3v) is 3.18. The maximum absolute atomic E-state index is 11.7. The molecule has 0 radical (unpaired) electrons. The van der Waals surface area contributed by atoms with Gasteiger partial charge in [0, 0.05) is 6.54 Å². The predicted molar refractivity (Wildman–Crippen MR) is 86.4 cm³/mol. The number of amides is 1. The first kappa shape index (κ1) is 20.4. The fraction of sp³-hybridized carbons (Fsp3) is 0.667. The van der Waals surface area contributed by atoms with Gasteiger partial charge in [-0.15, -0.1) is 0 Å². The van der Waals surface area contributed by atoms with Gasteiger partial charge in [0.1, 0.15) is 17.5 Å². The molecule has 0 aliphatic carbocycles. The molecule has 1 heterocycles. The molecule has 0 saturated heterocycles. The van der Waals surface area contributed by atoms with Gasteiger partial charge in [-0.05, 0) is 47.0 Å². The molecule has 10 heteroatoms. The van der Waals surface area contributed by atoms with Crippen molar-refractivity contribution in [2.75, 3.05) is 0 Å². The Morgan fingerprint density at radius 1 is 1.32 bits per heavy atom. The average Bonchev–Trinajstić information content (AvgIpc) is 2.47. The number of aryl methyl sites for hydroxylation is 1. The fourth-order valence-corrected chi connectivity index (χ4v) is 2.04. The van der Waals surface area contributed by atoms with E-state index in [0.717, 1.165) is 0 Å². The summed E-state index contributed by atoms with van der Waals surface area (Å²) in [6.45, 7) is 6.74. The maximum Gasteiger partial charge on any atom is 0.423 e. The first-order valence-electron chi connectivity index (χ1n) is 7.81. The van der Waals surface area contributed by atoms with Crippen LogP contribution in [0.1, 0.15) is 45.9 Å². The predicted octanol–water partition coefficient (Wildman–Crippen LogP) is 0.653. The number of hydrogen-bond donors (Lipinski definition) is 2. The minimum absolute atomic E-state index is 0.150. The smallest absolute Gasteiger partial charge is 0.423 e. The SMILES string of the molecule is Cc1noc(=O)c(=O)n1CCCCC(NC(=O)OC(C)(C)C)C(=O)O. The summed E-state index contributed by atoms with van der Waals surface area (Å²) >= 11 is 0. The second kappa shape index (κ2) is 8.45. The number of carboxylic acids is 1. The van der Waals surface area contributed by atoms with E-state index in [-0.39, 0.29) is 18.8 Å². The Hall–Kier alpha value is -2.65. The first-order chi connectivity index (χ1) is 11.5. The molecular formula is C15H23N3O7. The summed E-state index contributed by atoms with van der Waals surface area (Å²) in [7, 11) is 0. The van der Waals surface area contributed by atoms with Gasteiger partial charge in [0.25, 0.3) is 0 Å².